The molecular formula is C27H51F3O5SSi2. The predicted molar refractivity (Wildman–Crippen MR) is 155 cm³/mol. The Morgan fingerprint density at radius 3 is 1.42 bits per heavy atom. The van der Waals surface area contributed by atoms with Gasteiger partial charge in [-0.2, -0.15) is 21.6 Å². The normalized spacial score (nSPS) is 15.6. The first-order valence-corrected chi connectivity index (χ1v) is 19.2. The molecule has 0 aliphatic rings. The Kier molecular flexibility index (Phi) is 13.9. The second kappa shape index (κ2) is 14.2. The molecule has 0 amide bonds. The minimum atomic E-state index is -5.92. The van der Waals surface area contributed by atoms with Crippen molar-refractivity contribution < 1.29 is 34.6 Å². The Morgan fingerprint density at radius 1 is 0.789 bits per heavy atom. The first kappa shape index (κ1) is 37.2. The van der Waals surface area contributed by atoms with Crippen LogP contribution in [-0.2, 0) is 23.2 Å². The summed E-state index contributed by atoms with van der Waals surface area (Å²) < 4.78 is 81.7. The first-order chi connectivity index (χ1) is 17.0. The first-order valence-electron chi connectivity index (χ1n) is 13.5. The molecule has 11 heteroatoms. The van der Waals surface area contributed by atoms with E-state index in [2.05, 4.69) is 58.2 Å². The quantitative estimate of drug-likeness (QED) is 0.0582. The third kappa shape index (κ3) is 8.35. The second-order valence-corrected chi connectivity index (χ2v) is 24.4. The van der Waals surface area contributed by atoms with E-state index < -0.39 is 50.2 Å². The molecule has 2 atom stereocenters. The Balaban J connectivity index is 6.82. The summed E-state index contributed by atoms with van der Waals surface area (Å²) in [4.78, 5) is 0. The zero-order valence-corrected chi connectivity index (χ0v) is 28.2. The summed E-state index contributed by atoms with van der Waals surface area (Å²) in [5, 5.41) is 0. The van der Waals surface area contributed by atoms with Crippen molar-refractivity contribution in [3.05, 3.63) is 12.3 Å². The summed E-state index contributed by atoms with van der Waals surface area (Å²) in [5.41, 5.74) is -4.63. The van der Waals surface area contributed by atoms with Crippen molar-refractivity contribution in [2.45, 2.75) is 147 Å². The van der Waals surface area contributed by atoms with Gasteiger partial charge in [-0.15, -0.1) is 12.3 Å². The van der Waals surface area contributed by atoms with Crippen molar-refractivity contribution in [3.8, 4) is 12.3 Å². The van der Waals surface area contributed by atoms with Crippen molar-refractivity contribution in [1.82, 2.24) is 0 Å². The largest absolute Gasteiger partial charge is 0.534 e. The highest BCUT2D eigenvalue weighted by atomic mass is 32.2. The molecule has 0 aromatic carbocycles. The zero-order chi connectivity index (χ0) is 30.4. The van der Waals surface area contributed by atoms with Crippen LogP contribution in [0.3, 0.4) is 0 Å². The Hall–Kier alpha value is -0.806. The smallest absolute Gasteiger partial charge is 0.412 e. The highest BCUT2D eigenvalue weighted by Gasteiger charge is 2.52. The summed E-state index contributed by atoms with van der Waals surface area (Å²) in [6.45, 7) is 28.6. The molecule has 0 rings (SSSR count). The van der Waals surface area contributed by atoms with Gasteiger partial charge in [0.05, 0.1) is 6.10 Å². The fourth-order valence-corrected chi connectivity index (χ4v) is 18.0. The number of hydrogen-bond acceptors (Lipinski definition) is 5. The second-order valence-electron chi connectivity index (χ2n) is 12.1. The fourth-order valence-electron chi connectivity index (χ4n) is 6.38. The summed E-state index contributed by atoms with van der Waals surface area (Å²) in [6, 6.07) is 0. The van der Waals surface area contributed by atoms with Crippen LogP contribution >= 0.6 is 0 Å². The van der Waals surface area contributed by atoms with Crippen LogP contribution < -0.4 is 0 Å². The predicted octanol–water partition coefficient (Wildman–Crippen LogP) is 8.90. The number of rotatable bonds is 16. The minimum Gasteiger partial charge on any atom is -0.412 e. The molecule has 0 aromatic heterocycles. The van der Waals surface area contributed by atoms with Gasteiger partial charge in [-0.3, -0.25) is 0 Å². The highest BCUT2D eigenvalue weighted by molar-refractivity contribution is 7.87. The maximum Gasteiger partial charge on any atom is 0.534 e. The van der Waals surface area contributed by atoms with E-state index in [0.29, 0.717) is 0 Å². The maximum absolute atomic E-state index is 13.2. The summed E-state index contributed by atoms with van der Waals surface area (Å²) in [5.74, 6) is 2.04. The van der Waals surface area contributed by atoms with E-state index in [1.807, 2.05) is 41.5 Å². The van der Waals surface area contributed by atoms with E-state index in [9.17, 15) is 21.6 Å². The third-order valence-corrected chi connectivity index (χ3v) is 21.1. The average molecular weight is 601 g/mol. The van der Waals surface area contributed by atoms with Crippen molar-refractivity contribution in [1.29, 1.82) is 0 Å². The number of alkyl halides is 3. The number of hydrogen-bond donors (Lipinski definition) is 0. The molecule has 38 heavy (non-hydrogen) atoms. The molecule has 0 fully saturated rings. The Morgan fingerprint density at radius 2 is 1.13 bits per heavy atom. The lowest BCUT2D eigenvalue weighted by Gasteiger charge is -2.47. The van der Waals surface area contributed by atoms with Gasteiger partial charge < -0.3 is 13.0 Å². The number of terminal acetylenes is 1. The molecule has 0 radical (unpaired) electrons. The van der Waals surface area contributed by atoms with Gasteiger partial charge in [0.15, 0.2) is 0 Å². The molecule has 0 saturated heterocycles. The summed E-state index contributed by atoms with van der Waals surface area (Å²) in [6.07, 6.45) is 4.22. The SMILES string of the molecule is C#CC[C@H](C[C@H](O[Si](C(C)C)(C(C)C)C(C)C)C(=C)OS(=O)(=O)C(F)(F)F)O[Si](C(C)C)(C(C)C)C(C)C. The van der Waals surface area contributed by atoms with Crippen molar-refractivity contribution in [3.63, 3.8) is 0 Å². The number of halogens is 3. The van der Waals surface area contributed by atoms with E-state index >= 15 is 0 Å². The maximum atomic E-state index is 13.2. The monoisotopic (exact) mass is 600 g/mol. The van der Waals surface area contributed by atoms with Gasteiger partial charge in [0.2, 0.25) is 16.6 Å². The van der Waals surface area contributed by atoms with E-state index in [4.69, 9.17) is 15.3 Å². The molecule has 0 unspecified atom stereocenters. The minimum absolute atomic E-state index is 0.0399. The van der Waals surface area contributed by atoms with E-state index in [1.165, 1.54) is 0 Å². The highest BCUT2D eigenvalue weighted by Crippen LogP contribution is 2.46. The molecule has 0 saturated carbocycles. The van der Waals surface area contributed by atoms with Gasteiger partial charge >= 0.3 is 15.6 Å². The summed E-state index contributed by atoms with van der Waals surface area (Å²) >= 11 is 0. The fraction of sp³-hybridized carbons (Fsp3) is 0.852. The molecule has 224 valence electrons. The van der Waals surface area contributed by atoms with Crippen LogP contribution in [0.25, 0.3) is 0 Å². The van der Waals surface area contributed by atoms with Crippen LogP contribution in [-0.4, -0.2) is 42.8 Å². The molecule has 0 aromatic rings. The van der Waals surface area contributed by atoms with Crippen LogP contribution in [0.5, 0.6) is 0 Å². The molecule has 0 spiro atoms. The van der Waals surface area contributed by atoms with Crippen LogP contribution in [0.15, 0.2) is 12.3 Å². The average Bonchev–Trinajstić information content (AvgIpc) is 2.71. The van der Waals surface area contributed by atoms with Crippen LogP contribution in [0.4, 0.5) is 13.2 Å². The van der Waals surface area contributed by atoms with Crippen LogP contribution in [0.2, 0.25) is 33.2 Å². The van der Waals surface area contributed by atoms with E-state index in [1.54, 1.807) is 0 Å². The molecule has 0 heterocycles. The van der Waals surface area contributed by atoms with Gasteiger partial charge in [0.1, 0.15) is 11.9 Å². The third-order valence-electron chi connectivity index (χ3n) is 7.81. The molecule has 0 aliphatic carbocycles. The summed E-state index contributed by atoms with van der Waals surface area (Å²) in [7, 11) is -11.1. The molecular weight excluding hydrogens is 550 g/mol. The van der Waals surface area contributed by atoms with Gasteiger partial charge in [-0.1, -0.05) is 89.7 Å². The zero-order valence-electron chi connectivity index (χ0n) is 25.4. The van der Waals surface area contributed by atoms with Crippen LogP contribution in [0, 0.1) is 12.3 Å². The van der Waals surface area contributed by atoms with E-state index in [-0.39, 0.29) is 46.1 Å². The topological polar surface area (TPSA) is 61.8 Å². The molecule has 0 bridgehead atoms. The van der Waals surface area contributed by atoms with Crippen LogP contribution in [0.1, 0.15) is 95.9 Å². The van der Waals surface area contributed by atoms with Gasteiger partial charge in [0, 0.05) is 12.8 Å². The van der Waals surface area contributed by atoms with E-state index in [0.717, 1.165) is 0 Å². The standard InChI is InChI=1S/C27H51F3O5SSi2/c1-15-16-25(34-37(18(2)3,19(4)5)20(6)7)17-26(24(14)33-36(31,32)27(28,29)30)35-38(21(8)9,22(10)11)23(12)13/h1,18-23,25-26H,14,16-17H2,2-13H3/t25-,26+/m1/s1. The van der Waals surface area contributed by atoms with Crippen molar-refractivity contribution in [2.24, 2.45) is 0 Å². The van der Waals surface area contributed by atoms with Crippen molar-refractivity contribution >= 4 is 26.8 Å². The lowest BCUT2D eigenvalue weighted by Crippen LogP contribution is -2.53. The molecule has 0 aliphatic heterocycles. The van der Waals surface area contributed by atoms with Gasteiger partial charge in [-0.25, -0.2) is 0 Å². The van der Waals surface area contributed by atoms with Crippen molar-refractivity contribution in [2.75, 3.05) is 0 Å². The van der Waals surface area contributed by atoms with Gasteiger partial charge in [-0.05, 0) is 33.2 Å². The molecule has 5 nitrogen and oxygen atoms in total. The lowest BCUT2D eigenvalue weighted by atomic mass is 10.1. The molecule has 0 N–H and O–H groups in total. The van der Waals surface area contributed by atoms with Gasteiger partial charge in [0.25, 0.3) is 0 Å². The Labute approximate surface area is 232 Å². The Bertz CT molecular complexity index is 863. The lowest BCUT2D eigenvalue weighted by molar-refractivity contribution is -0.0534.